The summed E-state index contributed by atoms with van der Waals surface area (Å²) in [7, 11) is 0. The van der Waals surface area contributed by atoms with E-state index in [2.05, 4.69) is 15.0 Å². The minimum absolute atomic E-state index is 0.284. The Hall–Kier alpha value is -2.97. The number of benzene rings is 1. The number of aliphatic hydroxyl groups is 1. The largest absolute Gasteiger partial charge is 0.481 e. The van der Waals surface area contributed by atoms with E-state index in [0.717, 1.165) is 47.4 Å². The molecule has 2 atom stereocenters. The number of aromatic nitrogens is 3. The smallest absolute Gasteiger partial charge is 0.308 e. The maximum absolute atomic E-state index is 11.2. The molecule has 2 N–H and O–H groups in total. The van der Waals surface area contributed by atoms with Gasteiger partial charge >= 0.3 is 5.97 Å². The third-order valence-corrected chi connectivity index (χ3v) is 6.35. The van der Waals surface area contributed by atoms with Crippen molar-refractivity contribution in [2.75, 3.05) is 24.6 Å². The average Bonchev–Trinajstić information content (AvgIpc) is 3.40. The zero-order chi connectivity index (χ0) is 21.4. The Balaban J connectivity index is 1.30. The van der Waals surface area contributed by atoms with E-state index >= 15 is 0 Å². The van der Waals surface area contributed by atoms with Gasteiger partial charge in [-0.15, -0.1) is 0 Å². The molecule has 2 aliphatic rings. The summed E-state index contributed by atoms with van der Waals surface area (Å²) >= 11 is 0. The van der Waals surface area contributed by atoms with Crippen LogP contribution >= 0.6 is 0 Å². The SMILES string of the molecule is O=C(O)[C@H]1CCN(c2ccc(-n3ncc4cc([C@@H](O)COC5CCC5)cnc43)cc2)C1. The van der Waals surface area contributed by atoms with Gasteiger partial charge in [0.25, 0.3) is 0 Å². The molecule has 1 aliphatic carbocycles. The lowest BCUT2D eigenvalue weighted by atomic mass is 9.96. The molecule has 0 bridgehead atoms. The number of carbonyl (C=O) groups is 1. The first-order chi connectivity index (χ1) is 15.1. The molecule has 1 aromatic carbocycles. The summed E-state index contributed by atoms with van der Waals surface area (Å²) in [6.45, 7) is 1.57. The molecule has 31 heavy (non-hydrogen) atoms. The van der Waals surface area contributed by atoms with Crippen LogP contribution < -0.4 is 4.90 Å². The van der Waals surface area contributed by atoms with Crippen molar-refractivity contribution in [2.45, 2.75) is 37.9 Å². The highest BCUT2D eigenvalue weighted by molar-refractivity contribution is 5.77. The molecular formula is C23H26N4O4. The van der Waals surface area contributed by atoms with Crippen LogP contribution in [-0.4, -0.2) is 56.7 Å². The maximum atomic E-state index is 11.2. The average molecular weight is 422 g/mol. The molecule has 1 aliphatic heterocycles. The van der Waals surface area contributed by atoms with Crippen LogP contribution in [0.25, 0.3) is 16.7 Å². The molecule has 3 aromatic rings. The number of hydrogen-bond donors (Lipinski definition) is 2. The third-order valence-electron chi connectivity index (χ3n) is 6.35. The summed E-state index contributed by atoms with van der Waals surface area (Å²) in [6, 6.07) is 9.82. The second-order valence-corrected chi connectivity index (χ2v) is 8.43. The van der Waals surface area contributed by atoms with Gasteiger partial charge < -0.3 is 19.8 Å². The van der Waals surface area contributed by atoms with Gasteiger partial charge in [0, 0.05) is 35.9 Å². The van der Waals surface area contributed by atoms with Gasteiger partial charge in [-0.25, -0.2) is 9.67 Å². The Morgan fingerprint density at radius 3 is 2.61 bits per heavy atom. The van der Waals surface area contributed by atoms with Crippen LogP contribution in [0.15, 0.2) is 42.7 Å². The monoisotopic (exact) mass is 422 g/mol. The molecule has 0 spiro atoms. The van der Waals surface area contributed by atoms with Crippen molar-refractivity contribution < 1.29 is 19.7 Å². The van der Waals surface area contributed by atoms with Crippen molar-refractivity contribution in [3.8, 4) is 5.69 Å². The highest BCUT2D eigenvalue weighted by Gasteiger charge is 2.28. The molecule has 8 nitrogen and oxygen atoms in total. The molecule has 0 unspecified atom stereocenters. The molecule has 162 valence electrons. The number of fused-ring (bicyclic) bond motifs is 1. The van der Waals surface area contributed by atoms with Crippen LogP contribution in [0.4, 0.5) is 5.69 Å². The van der Waals surface area contributed by atoms with Gasteiger partial charge in [0.1, 0.15) is 6.10 Å². The number of nitrogens with zero attached hydrogens (tertiary/aromatic N) is 4. The van der Waals surface area contributed by atoms with Gasteiger partial charge in [0.2, 0.25) is 0 Å². The number of anilines is 1. The van der Waals surface area contributed by atoms with Crippen molar-refractivity contribution >= 4 is 22.7 Å². The molecule has 0 radical (unpaired) electrons. The Morgan fingerprint density at radius 1 is 1.16 bits per heavy atom. The van der Waals surface area contributed by atoms with Gasteiger partial charge in [-0.2, -0.15) is 5.10 Å². The van der Waals surface area contributed by atoms with Crippen LogP contribution in [0.3, 0.4) is 0 Å². The van der Waals surface area contributed by atoms with E-state index in [1.165, 1.54) is 6.42 Å². The number of pyridine rings is 1. The van der Waals surface area contributed by atoms with Crippen molar-refractivity contribution in [3.63, 3.8) is 0 Å². The van der Waals surface area contributed by atoms with Crippen molar-refractivity contribution in [2.24, 2.45) is 5.92 Å². The summed E-state index contributed by atoms with van der Waals surface area (Å²) in [5, 5.41) is 25.0. The second-order valence-electron chi connectivity index (χ2n) is 8.43. The second kappa shape index (κ2) is 8.28. The van der Waals surface area contributed by atoms with Crippen molar-refractivity contribution in [1.82, 2.24) is 14.8 Å². The van der Waals surface area contributed by atoms with Gasteiger partial charge in [0.15, 0.2) is 5.65 Å². The summed E-state index contributed by atoms with van der Waals surface area (Å²) < 4.78 is 7.49. The fraction of sp³-hybridized carbons (Fsp3) is 0.435. The molecule has 3 heterocycles. The van der Waals surface area contributed by atoms with Crippen molar-refractivity contribution in [3.05, 3.63) is 48.3 Å². The maximum Gasteiger partial charge on any atom is 0.308 e. The number of carboxylic acids is 1. The highest BCUT2D eigenvalue weighted by Crippen LogP contribution is 2.27. The Bertz CT molecular complexity index is 1080. The number of aliphatic carboxylic acids is 1. The highest BCUT2D eigenvalue weighted by atomic mass is 16.5. The van der Waals surface area contributed by atoms with Crippen LogP contribution in [-0.2, 0) is 9.53 Å². The standard InChI is InChI=1S/C23H26N4O4/c28-21(14-31-20-2-1-3-20)16-10-17-12-25-27(22(17)24-11-16)19-6-4-18(5-7-19)26-9-8-15(13-26)23(29)30/h4-7,10-12,15,20-21,28H,1-3,8-9,13-14H2,(H,29,30)/t15-,21-/m0/s1. The van der Waals surface area contributed by atoms with Crippen LogP contribution in [0.5, 0.6) is 0 Å². The fourth-order valence-corrected chi connectivity index (χ4v) is 4.17. The number of aliphatic hydroxyl groups excluding tert-OH is 1. The zero-order valence-electron chi connectivity index (χ0n) is 17.2. The van der Waals surface area contributed by atoms with Crippen LogP contribution in [0, 0.1) is 5.92 Å². The number of rotatable bonds is 7. The van der Waals surface area contributed by atoms with Gasteiger partial charge in [-0.05, 0) is 56.0 Å². The Labute approximate surface area is 180 Å². The third kappa shape index (κ3) is 4.00. The fourth-order valence-electron chi connectivity index (χ4n) is 4.17. The number of hydrogen-bond acceptors (Lipinski definition) is 6. The van der Waals surface area contributed by atoms with E-state index in [9.17, 15) is 15.0 Å². The first-order valence-electron chi connectivity index (χ1n) is 10.8. The van der Waals surface area contributed by atoms with E-state index in [1.807, 2.05) is 30.3 Å². The topological polar surface area (TPSA) is 101 Å². The zero-order valence-corrected chi connectivity index (χ0v) is 17.2. The quantitative estimate of drug-likeness (QED) is 0.604. The molecular weight excluding hydrogens is 396 g/mol. The van der Waals surface area contributed by atoms with E-state index < -0.39 is 12.1 Å². The van der Waals surface area contributed by atoms with Crippen molar-refractivity contribution in [1.29, 1.82) is 0 Å². The normalized spacial score (nSPS) is 20.2. The lowest BCUT2D eigenvalue weighted by Gasteiger charge is -2.26. The van der Waals surface area contributed by atoms with E-state index in [1.54, 1.807) is 17.1 Å². The van der Waals surface area contributed by atoms with Gasteiger partial charge in [-0.3, -0.25) is 4.79 Å². The lowest BCUT2D eigenvalue weighted by Crippen LogP contribution is -2.24. The number of carboxylic acid groups (broad SMARTS) is 1. The van der Waals surface area contributed by atoms with Gasteiger partial charge in [0.05, 0.1) is 30.5 Å². The minimum atomic E-state index is -0.729. The first-order valence-corrected chi connectivity index (χ1v) is 10.8. The molecule has 1 saturated carbocycles. The molecule has 8 heteroatoms. The summed E-state index contributed by atoms with van der Waals surface area (Å²) in [5.41, 5.74) is 3.33. The van der Waals surface area contributed by atoms with E-state index in [4.69, 9.17) is 4.74 Å². The minimum Gasteiger partial charge on any atom is -0.481 e. The predicted molar refractivity (Wildman–Crippen MR) is 115 cm³/mol. The summed E-state index contributed by atoms with van der Waals surface area (Å²) in [6.07, 6.45) is 7.04. The molecule has 5 rings (SSSR count). The molecule has 1 saturated heterocycles. The van der Waals surface area contributed by atoms with Crippen LogP contribution in [0.1, 0.15) is 37.4 Å². The lowest BCUT2D eigenvalue weighted by molar-refractivity contribution is -0.140. The number of ether oxygens (including phenoxy) is 1. The molecule has 2 aromatic heterocycles. The summed E-state index contributed by atoms with van der Waals surface area (Å²) in [4.78, 5) is 17.8. The molecule has 0 amide bonds. The van der Waals surface area contributed by atoms with E-state index in [0.29, 0.717) is 13.0 Å². The Kier molecular flexibility index (Phi) is 5.33. The molecule has 2 fully saturated rings. The Morgan fingerprint density at radius 2 is 1.94 bits per heavy atom. The summed E-state index contributed by atoms with van der Waals surface area (Å²) in [5.74, 6) is -1.03. The van der Waals surface area contributed by atoms with E-state index in [-0.39, 0.29) is 18.6 Å². The van der Waals surface area contributed by atoms with Crippen LogP contribution in [0.2, 0.25) is 0 Å². The predicted octanol–water partition coefficient (Wildman–Crippen LogP) is 2.93. The first kappa shape index (κ1) is 20.0. The van der Waals surface area contributed by atoms with Gasteiger partial charge in [-0.1, -0.05) is 0 Å².